The fraction of sp³-hybridized carbons (Fsp3) is 0.174. The number of hydrogen-bond donors (Lipinski definition) is 1. The normalized spacial score (nSPS) is 14.1. The Labute approximate surface area is 197 Å². The third kappa shape index (κ3) is 4.04. The van der Waals surface area contributed by atoms with Crippen molar-refractivity contribution in [1.29, 1.82) is 0 Å². The molecule has 0 spiro atoms. The maximum atomic E-state index is 14.8. The lowest BCUT2D eigenvalue weighted by Gasteiger charge is -2.35. The van der Waals surface area contributed by atoms with Crippen molar-refractivity contribution in [3.8, 4) is 11.4 Å². The number of hydrogen-bond acceptors (Lipinski definition) is 6. The van der Waals surface area contributed by atoms with Gasteiger partial charge in [0.1, 0.15) is 29.9 Å². The van der Waals surface area contributed by atoms with Gasteiger partial charge in [-0.05, 0) is 37.3 Å². The molecule has 0 radical (unpaired) electrons. The van der Waals surface area contributed by atoms with E-state index in [1.807, 2.05) is 0 Å². The van der Waals surface area contributed by atoms with Gasteiger partial charge in [0.15, 0.2) is 0 Å². The number of aromatic nitrogens is 8. The SMILES string of the molecule is C[C@@H](n1ccn(-c2ccc(-n3nccn3)cc2)c1=O)[C@](O)(Cn1cncn1)c1ccc(F)cc1F. The van der Waals surface area contributed by atoms with Crippen molar-refractivity contribution in [1.82, 2.24) is 38.9 Å². The lowest BCUT2D eigenvalue weighted by Crippen LogP contribution is -2.43. The van der Waals surface area contributed by atoms with Crippen LogP contribution in [0.5, 0.6) is 0 Å². The molecule has 10 nitrogen and oxygen atoms in total. The van der Waals surface area contributed by atoms with E-state index >= 15 is 0 Å². The molecular weight excluding hydrogens is 458 g/mol. The van der Waals surface area contributed by atoms with Gasteiger partial charge >= 0.3 is 5.69 Å². The molecule has 3 aromatic heterocycles. The van der Waals surface area contributed by atoms with Crippen molar-refractivity contribution in [2.24, 2.45) is 0 Å². The van der Waals surface area contributed by atoms with E-state index in [-0.39, 0.29) is 12.1 Å². The van der Waals surface area contributed by atoms with Gasteiger partial charge in [-0.1, -0.05) is 6.07 Å². The molecule has 5 aromatic rings. The van der Waals surface area contributed by atoms with Gasteiger partial charge in [-0.25, -0.2) is 23.2 Å². The Bertz CT molecular complexity index is 1490. The summed E-state index contributed by atoms with van der Waals surface area (Å²) in [5.74, 6) is -1.71. The second-order valence-corrected chi connectivity index (χ2v) is 8.01. The van der Waals surface area contributed by atoms with Crippen LogP contribution in [0.1, 0.15) is 18.5 Å². The highest BCUT2D eigenvalue weighted by molar-refractivity contribution is 5.40. The van der Waals surface area contributed by atoms with Crippen molar-refractivity contribution >= 4 is 0 Å². The van der Waals surface area contributed by atoms with Crippen LogP contribution >= 0.6 is 0 Å². The van der Waals surface area contributed by atoms with E-state index in [0.717, 1.165) is 6.07 Å². The number of aliphatic hydroxyl groups is 1. The van der Waals surface area contributed by atoms with E-state index in [2.05, 4.69) is 20.3 Å². The largest absolute Gasteiger partial charge is 0.381 e. The van der Waals surface area contributed by atoms with Crippen LogP contribution in [-0.4, -0.2) is 44.0 Å². The van der Waals surface area contributed by atoms with Crippen LogP contribution in [0, 0.1) is 11.6 Å². The Morgan fingerprint density at radius 3 is 2.37 bits per heavy atom. The first-order valence-electron chi connectivity index (χ1n) is 10.6. The number of rotatable bonds is 7. The summed E-state index contributed by atoms with van der Waals surface area (Å²) >= 11 is 0. The summed E-state index contributed by atoms with van der Waals surface area (Å²) in [6, 6.07) is 8.94. The molecule has 0 bridgehead atoms. The smallest absolute Gasteiger partial charge is 0.333 e. The first-order chi connectivity index (χ1) is 16.9. The molecule has 0 saturated carbocycles. The van der Waals surface area contributed by atoms with E-state index in [9.17, 15) is 18.7 Å². The van der Waals surface area contributed by atoms with Crippen LogP contribution in [-0.2, 0) is 12.1 Å². The quantitative estimate of drug-likeness (QED) is 0.384. The molecule has 178 valence electrons. The van der Waals surface area contributed by atoms with E-state index in [1.165, 1.54) is 43.5 Å². The van der Waals surface area contributed by atoms with Crippen LogP contribution < -0.4 is 5.69 Å². The van der Waals surface area contributed by atoms with Crippen molar-refractivity contribution in [2.75, 3.05) is 0 Å². The maximum Gasteiger partial charge on any atom is 0.333 e. The Kier molecular flexibility index (Phi) is 5.57. The molecule has 2 aromatic carbocycles. The minimum atomic E-state index is -1.96. The van der Waals surface area contributed by atoms with E-state index < -0.39 is 29.0 Å². The van der Waals surface area contributed by atoms with Crippen molar-refractivity contribution in [2.45, 2.75) is 25.1 Å². The molecule has 0 unspecified atom stereocenters. The predicted molar refractivity (Wildman–Crippen MR) is 120 cm³/mol. The van der Waals surface area contributed by atoms with Gasteiger partial charge < -0.3 is 5.11 Å². The summed E-state index contributed by atoms with van der Waals surface area (Å²) in [4.78, 5) is 18.6. The number of benzene rings is 2. The summed E-state index contributed by atoms with van der Waals surface area (Å²) in [5, 5.41) is 23.9. The van der Waals surface area contributed by atoms with Gasteiger partial charge in [0, 0.05) is 24.0 Å². The molecule has 35 heavy (non-hydrogen) atoms. The van der Waals surface area contributed by atoms with Gasteiger partial charge in [-0.15, -0.1) is 0 Å². The highest BCUT2D eigenvalue weighted by Gasteiger charge is 2.41. The van der Waals surface area contributed by atoms with Crippen molar-refractivity contribution in [3.63, 3.8) is 0 Å². The fourth-order valence-electron chi connectivity index (χ4n) is 4.05. The zero-order valence-corrected chi connectivity index (χ0v) is 18.5. The van der Waals surface area contributed by atoms with Gasteiger partial charge in [0.2, 0.25) is 0 Å². The van der Waals surface area contributed by atoms with Crippen LogP contribution in [0.2, 0.25) is 0 Å². The van der Waals surface area contributed by atoms with E-state index in [1.54, 1.807) is 49.8 Å². The van der Waals surface area contributed by atoms with Crippen LogP contribution in [0.25, 0.3) is 11.4 Å². The third-order valence-corrected chi connectivity index (χ3v) is 5.96. The molecule has 12 heteroatoms. The summed E-state index contributed by atoms with van der Waals surface area (Å²) in [7, 11) is 0. The predicted octanol–water partition coefficient (Wildman–Crippen LogP) is 2.24. The summed E-state index contributed by atoms with van der Waals surface area (Å²) in [6.07, 6.45) is 8.81. The van der Waals surface area contributed by atoms with Crippen molar-refractivity contribution < 1.29 is 13.9 Å². The summed E-state index contributed by atoms with van der Waals surface area (Å²) < 4.78 is 32.4. The van der Waals surface area contributed by atoms with E-state index in [0.29, 0.717) is 17.4 Å². The lowest BCUT2D eigenvalue weighted by atomic mass is 9.86. The average Bonchev–Trinajstić information content (AvgIpc) is 3.61. The molecule has 1 N–H and O–H groups in total. The standard InChI is InChI=1S/C23H20F2N8O2/c1-16(23(35,13-30-15-26-14-29-30)20-7-2-17(24)12-21(20)25)31-10-11-32(22(31)34)18-3-5-19(6-4-18)33-27-8-9-28-33/h2-12,14-16,35H,13H2,1H3/t16-,23-/m1/s1. The van der Waals surface area contributed by atoms with Gasteiger partial charge in [0.25, 0.3) is 0 Å². The Hall–Kier alpha value is -4.45. The molecule has 0 amide bonds. The molecule has 0 aliphatic rings. The summed E-state index contributed by atoms with van der Waals surface area (Å²) in [5.41, 5.74) is -1.30. The average molecular weight is 478 g/mol. The van der Waals surface area contributed by atoms with E-state index in [4.69, 9.17) is 0 Å². The zero-order chi connectivity index (χ0) is 24.6. The van der Waals surface area contributed by atoms with Gasteiger partial charge in [-0.2, -0.15) is 20.1 Å². The van der Waals surface area contributed by atoms with Crippen LogP contribution in [0.4, 0.5) is 8.78 Å². The zero-order valence-electron chi connectivity index (χ0n) is 18.5. The monoisotopic (exact) mass is 478 g/mol. The third-order valence-electron chi connectivity index (χ3n) is 5.96. The Morgan fingerprint density at radius 2 is 1.71 bits per heavy atom. The molecule has 3 heterocycles. The molecule has 0 saturated heterocycles. The topological polar surface area (TPSA) is 109 Å². The number of halogens is 2. The first-order valence-corrected chi connectivity index (χ1v) is 10.6. The summed E-state index contributed by atoms with van der Waals surface area (Å²) in [6.45, 7) is 1.36. The molecule has 0 aliphatic carbocycles. The number of nitrogens with zero attached hydrogens (tertiary/aromatic N) is 8. The Morgan fingerprint density at radius 1 is 1.00 bits per heavy atom. The minimum Gasteiger partial charge on any atom is -0.381 e. The Balaban J connectivity index is 1.53. The molecule has 0 fully saturated rings. The number of imidazole rings is 1. The molecule has 0 aliphatic heterocycles. The second-order valence-electron chi connectivity index (χ2n) is 8.01. The lowest BCUT2D eigenvalue weighted by molar-refractivity contribution is -0.0342. The maximum absolute atomic E-state index is 14.8. The highest BCUT2D eigenvalue weighted by atomic mass is 19.1. The van der Waals surface area contributed by atoms with Crippen LogP contribution in [0.3, 0.4) is 0 Å². The fourth-order valence-corrected chi connectivity index (χ4v) is 4.05. The minimum absolute atomic E-state index is 0.169. The van der Waals surface area contributed by atoms with Gasteiger partial charge in [0.05, 0.1) is 36.4 Å². The first kappa shape index (κ1) is 22.3. The molecule has 2 atom stereocenters. The molecule has 5 rings (SSSR count). The van der Waals surface area contributed by atoms with Crippen LogP contribution in [0.15, 0.2) is 84.7 Å². The van der Waals surface area contributed by atoms with Gasteiger partial charge in [-0.3, -0.25) is 9.13 Å². The molecular formula is C23H20F2N8O2. The van der Waals surface area contributed by atoms with Crippen molar-refractivity contribution in [3.05, 3.63) is 108 Å². The second kappa shape index (κ2) is 8.72. The highest BCUT2D eigenvalue weighted by Crippen LogP contribution is 2.36.